The molecule has 1 unspecified atom stereocenters. The minimum atomic E-state index is -1.89. The van der Waals surface area contributed by atoms with Gasteiger partial charge in [0, 0.05) is 12.3 Å². The van der Waals surface area contributed by atoms with E-state index in [0.29, 0.717) is 0 Å². The summed E-state index contributed by atoms with van der Waals surface area (Å²) in [7, 11) is 0. The molecule has 54 valence electrons. The zero-order valence-electron chi connectivity index (χ0n) is 6.11. The SMILES string of the molecule is C[C@@H]1C(C)(C)CC1(O)F. The van der Waals surface area contributed by atoms with Gasteiger partial charge in [0.2, 0.25) is 5.85 Å². The maximum absolute atomic E-state index is 12.6. The summed E-state index contributed by atoms with van der Waals surface area (Å²) >= 11 is 0. The summed E-state index contributed by atoms with van der Waals surface area (Å²) in [6.07, 6.45) is 0.279. The monoisotopic (exact) mass is 132 g/mol. The van der Waals surface area contributed by atoms with Crippen LogP contribution >= 0.6 is 0 Å². The van der Waals surface area contributed by atoms with Crippen molar-refractivity contribution in [2.45, 2.75) is 33.0 Å². The minimum absolute atomic E-state index is 0.0104. The molecule has 0 bridgehead atoms. The molecular weight excluding hydrogens is 119 g/mol. The Hall–Kier alpha value is -0.110. The van der Waals surface area contributed by atoms with Crippen LogP contribution in [0.25, 0.3) is 0 Å². The van der Waals surface area contributed by atoms with Crippen molar-refractivity contribution in [2.24, 2.45) is 11.3 Å². The van der Waals surface area contributed by atoms with Crippen molar-refractivity contribution in [2.75, 3.05) is 0 Å². The quantitative estimate of drug-likeness (QED) is 0.532. The molecule has 1 fully saturated rings. The van der Waals surface area contributed by atoms with Gasteiger partial charge in [0.25, 0.3) is 0 Å². The third-order valence-electron chi connectivity index (χ3n) is 2.54. The van der Waals surface area contributed by atoms with Crippen LogP contribution < -0.4 is 0 Å². The molecule has 0 aromatic rings. The fraction of sp³-hybridized carbons (Fsp3) is 1.00. The fourth-order valence-corrected chi connectivity index (χ4v) is 1.41. The number of hydrogen-bond acceptors (Lipinski definition) is 1. The normalized spacial score (nSPS) is 48.3. The largest absolute Gasteiger partial charge is 0.361 e. The van der Waals surface area contributed by atoms with Crippen LogP contribution in [0.2, 0.25) is 0 Å². The summed E-state index contributed by atoms with van der Waals surface area (Å²) in [6, 6.07) is 0. The number of hydrogen-bond donors (Lipinski definition) is 1. The molecular formula is C7H13FO. The van der Waals surface area contributed by atoms with Crippen molar-refractivity contribution in [1.82, 2.24) is 0 Å². The highest BCUT2D eigenvalue weighted by Gasteiger charge is 2.56. The van der Waals surface area contributed by atoms with E-state index < -0.39 is 5.85 Å². The van der Waals surface area contributed by atoms with Gasteiger partial charge in [-0.1, -0.05) is 20.8 Å². The van der Waals surface area contributed by atoms with Crippen molar-refractivity contribution in [1.29, 1.82) is 0 Å². The van der Waals surface area contributed by atoms with E-state index in [9.17, 15) is 4.39 Å². The van der Waals surface area contributed by atoms with E-state index in [2.05, 4.69) is 0 Å². The molecule has 9 heavy (non-hydrogen) atoms. The van der Waals surface area contributed by atoms with Crippen molar-refractivity contribution in [3.05, 3.63) is 0 Å². The van der Waals surface area contributed by atoms with Crippen molar-refractivity contribution in [3.63, 3.8) is 0 Å². The lowest BCUT2D eigenvalue weighted by atomic mass is 9.60. The fourth-order valence-electron chi connectivity index (χ4n) is 1.41. The highest BCUT2D eigenvalue weighted by atomic mass is 19.2. The molecule has 0 saturated heterocycles. The molecule has 0 aromatic heterocycles. The van der Waals surface area contributed by atoms with Crippen LogP contribution in [-0.4, -0.2) is 11.0 Å². The highest BCUT2D eigenvalue weighted by Crippen LogP contribution is 2.53. The predicted octanol–water partition coefficient (Wildman–Crippen LogP) is 1.71. The molecule has 2 heteroatoms. The van der Waals surface area contributed by atoms with Gasteiger partial charge >= 0.3 is 0 Å². The lowest BCUT2D eigenvalue weighted by Crippen LogP contribution is -2.54. The lowest BCUT2D eigenvalue weighted by molar-refractivity contribution is -0.254. The van der Waals surface area contributed by atoms with Gasteiger partial charge in [0.15, 0.2) is 0 Å². The molecule has 0 aliphatic heterocycles. The molecule has 2 atom stereocenters. The van der Waals surface area contributed by atoms with Crippen LogP contribution in [0.4, 0.5) is 4.39 Å². The van der Waals surface area contributed by atoms with E-state index in [4.69, 9.17) is 5.11 Å². The molecule has 0 amide bonds. The Bertz CT molecular complexity index is 115. The molecule has 1 nitrogen and oxygen atoms in total. The van der Waals surface area contributed by atoms with Crippen LogP contribution in [-0.2, 0) is 0 Å². The third kappa shape index (κ3) is 0.855. The summed E-state index contributed by atoms with van der Waals surface area (Å²) in [5, 5.41) is 8.85. The van der Waals surface area contributed by atoms with Gasteiger partial charge in [-0.3, -0.25) is 0 Å². The summed E-state index contributed by atoms with van der Waals surface area (Å²) in [5.74, 6) is -2.10. The molecule has 0 spiro atoms. The van der Waals surface area contributed by atoms with Crippen molar-refractivity contribution >= 4 is 0 Å². The predicted molar refractivity (Wildman–Crippen MR) is 33.6 cm³/mol. The van der Waals surface area contributed by atoms with E-state index in [1.807, 2.05) is 13.8 Å². The Morgan fingerprint density at radius 1 is 1.56 bits per heavy atom. The van der Waals surface area contributed by atoms with Gasteiger partial charge in [-0.25, -0.2) is 4.39 Å². The van der Waals surface area contributed by atoms with Gasteiger partial charge in [-0.05, 0) is 5.41 Å². The van der Waals surface area contributed by atoms with E-state index in [-0.39, 0.29) is 17.8 Å². The smallest absolute Gasteiger partial charge is 0.210 e. The van der Waals surface area contributed by atoms with Crippen LogP contribution in [0.15, 0.2) is 0 Å². The Morgan fingerprint density at radius 3 is 2.00 bits per heavy atom. The van der Waals surface area contributed by atoms with Gasteiger partial charge in [-0.2, -0.15) is 0 Å². The number of aliphatic hydroxyl groups is 1. The van der Waals surface area contributed by atoms with Gasteiger partial charge < -0.3 is 5.11 Å². The first-order chi connectivity index (χ1) is 3.86. The molecule has 0 radical (unpaired) electrons. The Morgan fingerprint density at radius 2 is 2.00 bits per heavy atom. The second kappa shape index (κ2) is 1.48. The zero-order valence-corrected chi connectivity index (χ0v) is 6.11. The van der Waals surface area contributed by atoms with Gasteiger partial charge in [0.05, 0.1) is 0 Å². The summed E-state index contributed by atoms with van der Waals surface area (Å²) in [5.41, 5.74) is -0.0104. The first-order valence-electron chi connectivity index (χ1n) is 3.27. The van der Waals surface area contributed by atoms with Crippen LogP contribution in [0.3, 0.4) is 0 Å². The molecule has 1 aliphatic carbocycles. The molecule has 1 N–H and O–H groups in total. The summed E-state index contributed by atoms with van der Waals surface area (Å²) in [6.45, 7) is 5.67. The molecule has 0 aromatic carbocycles. The standard InChI is InChI=1S/C7H13FO/c1-5-6(2,3)4-7(5,8)9/h5,9H,4H2,1-3H3/t5-,7?/m1/s1. The summed E-state index contributed by atoms with van der Waals surface area (Å²) < 4.78 is 12.6. The second-order valence-electron chi connectivity index (χ2n) is 3.71. The first-order valence-corrected chi connectivity index (χ1v) is 3.27. The van der Waals surface area contributed by atoms with E-state index in [0.717, 1.165) is 0 Å². The van der Waals surface area contributed by atoms with Crippen molar-refractivity contribution < 1.29 is 9.50 Å². The second-order valence-corrected chi connectivity index (χ2v) is 3.71. The Balaban J connectivity index is 2.62. The highest BCUT2D eigenvalue weighted by molar-refractivity contribution is 4.98. The topological polar surface area (TPSA) is 20.2 Å². The maximum Gasteiger partial charge on any atom is 0.210 e. The maximum atomic E-state index is 12.6. The minimum Gasteiger partial charge on any atom is -0.361 e. The molecule has 1 aliphatic rings. The van der Waals surface area contributed by atoms with E-state index in [1.54, 1.807) is 6.92 Å². The Kier molecular flexibility index (Phi) is 1.15. The van der Waals surface area contributed by atoms with Crippen LogP contribution in [0, 0.1) is 11.3 Å². The third-order valence-corrected chi connectivity index (χ3v) is 2.54. The average molecular weight is 132 g/mol. The lowest BCUT2D eigenvalue weighted by Gasteiger charge is -2.50. The Labute approximate surface area is 54.9 Å². The van der Waals surface area contributed by atoms with Crippen LogP contribution in [0.1, 0.15) is 27.2 Å². The van der Waals surface area contributed by atoms with E-state index >= 15 is 0 Å². The number of rotatable bonds is 0. The van der Waals surface area contributed by atoms with Gasteiger partial charge in [0.1, 0.15) is 0 Å². The van der Waals surface area contributed by atoms with E-state index in [1.165, 1.54) is 0 Å². The zero-order chi connectivity index (χ0) is 7.28. The molecule has 1 saturated carbocycles. The average Bonchev–Trinajstić information content (AvgIpc) is 1.63. The van der Waals surface area contributed by atoms with Gasteiger partial charge in [-0.15, -0.1) is 0 Å². The first kappa shape index (κ1) is 7.00. The summed E-state index contributed by atoms with van der Waals surface area (Å²) in [4.78, 5) is 0. The number of alkyl halides is 1. The number of halogens is 1. The van der Waals surface area contributed by atoms with Crippen LogP contribution in [0.5, 0.6) is 0 Å². The van der Waals surface area contributed by atoms with Crippen molar-refractivity contribution in [3.8, 4) is 0 Å². The molecule has 0 heterocycles. The molecule has 1 rings (SSSR count).